The van der Waals surface area contributed by atoms with Crippen molar-refractivity contribution in [2.24, 2.45) is 0 Å². The summed E-state index contributed by atoms with van der Waals surface area (Å²) in [6.45, 7) is 1.97. The lowest BCUT2D eigenvalue weighted by molar-refractivity contribution is -0.121. The molecule has 3 aromatic carbocycles. The summed E-state index contributed by atoms with van der Waals surface area (Å²) < 4.78 is 47.0. The van der Waals surface area contributed by atoms with E-state index in [9.17, 15) is 17.6 Å². The van der Waals surface area contributed by atoms with Crippen LogP contribution >= 0.6 is 11.6 Å². The molecular weight excluding hydrogens is 481 g/mol. The van der Waals surface area contributed by atoms with Gasteiger partial charge in [-0.15, -0.1) is 0 Å². The number of methoxy groups -OCH3 is 1. The SMILES string of the molecule is COc1cc(CCC(=O)NCc2ccc(F)c(Cl)c2)ccc1S(=O)(=O)Nc1ccc(N)cc1C. The summed E-state index contributed by atoms with van der Waals surface area (Å²) in [6, 6.07) is 13.8. The fourth-order valence-corrected chi connectivity index (χ4v) is 4.77. The highest BCUT2D eigenvalue weighted by Crippen LogP contribution is 2.29. The predicted molar refractivity (Wildman–Crippen MR) is 131 cm³/mol. The van der Waals surface area contributed by atoms with Gasteiger partial charge in [-0.3, -0.25) is 9.52 Å². The van der Waals surface area contributed by atoms with Crippen LogP contribution in [0.1, 0.15) is 23.1 Å². The van der Waals surface area contributed by atoms with Crippen molar-refractivity contribution < 1.29 is 22.3 Å². The number of ether oxygens (including phenoxy) is 1. The zero-order valence-corrected chi connectivity index (χ0v) is 20.3. The first-order valence-corrected chi connectivity index (χ1v) is 12.2. The number of amides is 1. The Bertz CT molecular complexity index is 1320. The number of carbonyl (C=O) groups excluding carboxylic acids is 1. The second-order valence-electron chi connectivity index (χ2n) is 7.69. The molecule has 0 aliphatic carbocycles. The number of nitrogens with two attached hydrogens (primary N) is 1. The van der Waals surface area contributed by atoms with Gasteiger partial charge in [0.25, 0.3) is 10.0 Å². The van der Waals surface area contributed by atoms with Gasteiger partial charge in [0, 0.05) is 18.7 Å². The van der Waals surface area contributed by atoms with Crippen LogP contribution < -0.4 is 20.5 Å². The van der Waals surface area contributed by atoms with Crippen LogP contribution in [-0.4, -0.2) is 21.4 Å². The molecule has 0 saturated carbocycles. The molecule has 3 rings (SSSR count). The number of benzene rings is 3. The van der Waals surface area contributed by atoms with E-state index in [0.717, 1.165) is 5.56 Å². The Hall–Kier alpha value is -3.30. The maximum absolute atomic E-state index is 13.2. The molecule has 10 heteroatoms. The van der Waals surface area contributed by atoms with E-state index in [2.05, 4.69) is 10.0 Å². The van der Waals surface area contributed by atoms with Crippen LogP contribution in [0, 0.1) is 12.7 Å². The van der Waals surface area contributed by atoms with Crippen molar-refractivity contribution in [3.63, 3.8) is 0 Å². The van der Waals surface area contributed by atoms with Gasteiger partial charge in [0.2, 0.25) is 5.91 Å². The normalized spacial score (nSPS) is 11.2. The van der Waals surface area contributed by atoms with Crippen LogP contribution in [0.2, 0.25) is 5.02 Å². The van der Waals surface area contributed by atoms with Gasteiger partial charge in [-0.05, 0) is 72.5 Å². The number of anilines is 2. The molecule has 0 atom stereocenters. The Morgan fingerprint density at radius 3 is 2.50 bits per heavy atom. The number of aryl methyl sites for hydroxylation is 2. The van der Waals surface area contributed by atoms with Crippen molar-refractivity contribution in [2.45, 2.75) is 31.2 Å². The third-order valence-electron chi connectivity index (χ3n) is 5.13. The third kappa shape index (κ3) is 6.39. The van der Waals surface area contributed by atoms with Crippen LogP contribution in [0.25, 0.3) is 0 Å². The quantitative estimate of drug-likeness (QED) is 0.373. The first kappa shape index (κ1) is 25.3. The molecule has 0 saturated heterocycles. The first-order chi connectivity index (χ1) is 16.1. The van der Waals surface area contributed by atoms with E-state index in [0.29, 0.717) is 28.9 Å². The van der Waals surface area contributed by atoms with E-state index in [4.69, 9.17) is 22.1 Å². The van der Waals surface area contributed by atoms with Gasteiger partial charge in [0.05, 0.1) is 17.8 Å². The lowest BCUT2D eigenvalue weighted by Gasteiger charge is -2.14. The summed E-state index contributed by atoms with van der Waals surface area (Å²) in [5.74, 6) is -0.564. The average Bonchev–Trinajstić information content (AvgIpc) is 2.80. The smallest absolute Gasteiger partial charge is 0.265 e. The van der Waals surface area contributed by atoms with Crippen LogP contribution in [0.15, 0.2) is 59.5 Å². The lowest BCUT2D eigenvalue weighted by atomic mass is 10.1. The number of rotatable bonds is 9. The molecule has 0 unspecified atom stereocenters. The maximum Gasteiger partial charge on any atom is 0.265 e. The molecule has 4 N–H and O–H groups in total. The molecule has 0 fully saturated rings. The van der Waals surface area contributed by atoms with Gasteiger partial charge in [-0.1, -0.05) is 23.7 Å². The Kier molecular flexibility index (Phi) is 8.01. The molecule has 1 amide bonds. The van der Waals surface area contributed by atoms with Gasteiger partial charge >= 0.3 is 0 Å². The molecule has 0 aliphatic rings. The lowest BCUT2D eigenvalue weighted by Crippen LogP contribution is -2.23. The Morgan fingerprint density at radius 1 is 1.09 bits per heavy atom. The first-order valence-electron chi connectivity index (χ1n) is 10.4. The second kappa shape index (κ2) is 10.8. The summed E-state index contributed by atoms with van der Waals surface area (Å²) >= 11 is 5.75. The van der Waals surface area contributed by atoms with Crippen molar-refractivity contribution in [1.82, 2.24) is 5.32 Å². The molecule has 180 valence electrons. The van der Waals surface area contributed by atoms with Gasteiger partial charge in [-0.2, -0.15) is 0 Å². The predicted octanol–water partition coefficient (Wildman–Crippen LogP) is 4.43. The highest BCUT2D eigenvalue weighted by molar-refractivity contribution is 7.92. The average molecular weight is 506 g/mol. The van der Waals surface area contributed by atoms with Crippen molar-refractivity contribution in [1.29, 1.82) is 0 Å². The summed E-state index contributed by atoms with van der Waals surface area (Å²) in [6.07, 6.45) is 0.546. The molecule has 0 spiro atoms. The topological polar surface area (TPSA) is 111 Å². The van der Waals surface area contributed by atoms with Crippen LogP contribution in [0.3, 0.4) is 0 Å². The number of hydrogen-bond donors (Lipinski definition) is 3. The van der Waals surface area contributed by atoms with Crippen LogP contribution in [0.4, 0.5) is 15.8 Å². The van der Waals surface area contributed by atoms with Gasteiger partial charge < -0.3 is 15.8 Å². The molecule has 0 aromatic heterocycles. The van der Waals surface area contributed by atoms with Gasteiger partial charge in [-0.25, -0.2) is 12.8 Å². The fourth-order valence-electron chi connectivity index (χ4n) is 3.29. The zero-order chi connectivity index (χ0) is 24.9. The summed E-state index contributed by atoms with van der Waals surface area (Å²) in [5.41, 5.74) is 8.78. The van der Waals surface area contributed by atoms with Crippen molar-refractivity contribution in [3.8, 4) is 5.75 Å². The van der Waals surface area contributed by atoms with E-state index in [1.807, 2.05) is 0 Å². The van der Waals surface area contributed by atoms with Crippen molar-refractivity contribution >= 4 is 38.9 Å². The summed E-state index contributed by atoms with van der Waals surface area (Å²) in [4.78, 5) is 12.2. The van der Waals surface area contributed by atoms with Crippen molar-refractivity contribution in [2.75, 3.05) is 17.6 Å². The van der Waals surface area contributed by atoms with Gasteiger partial charge in [0.15, 0.2) is 0 Å². The van der Waals surface area contributed by atoms with E-state index >= 15 is 0 Å². The highest BCUT2D eigenvalue weighted by Gasteiger charge is 2.21. The number of nitrogen functional groups attached to an aromatic ring is 1. The monoisotopic (exact) mass is 505 g/mol. The van der Waals surface area contributed by atoms with E-state index in [-0.39, 0.29) is 34.5 Å². The zero-order valence-electron chi connectivity index (χ0n) is 18.7. The standard InChI is InChI=1S/C24H25ClFN3O4S/c1-15-11-18(27)6-8-21(15)29-34(31,32)23-9-4-16(13-22(23)33-2)5-10-24(30)28-14-17-3-7-20(26)19(25)12-17/h3-4,6-9,11-13,29H,5,10,14,27H2,1-2H3,(H,28,30). The number of halogens is 2. The number of sulfonamides is 1. The Morgan fingerprint density at radius 2 is 1.82 bits per heavy atom. The molecule has 7 nitrogen and oxygen atoms in total. The minimum Gasteiger partial charge on any atom is -0.495 e. The van der Waals surface area contributed by atoms with Crippen LogP contribution in [-0.2, 0) is 27.8 Å². The molecule has 0 aliphatic heterocycles. The molecule has 34 heavy (non-hydrogen) atoms. The molecule has 3 aromatic rings. The fraction of sp³-hybridized carbons (Fsp3) is 0.208. The third-order valence-corrected chi connectivity index (χ3v) is 6.82. The summed E-state index contributed by atoms with van der Waals surface area (Å²) in [5, 5.41) is 2.75. The van der Waals surface area contributed by atoms with Gasteiger partial charge in [0.1, 0.15) is 16.5 Å². The minimum absolute atomic E-state index is 0.00469. The second-order valence-corrected chi connectivity index (χ2v) is 9.75. The Balaban J connectivity index is 1.64. The molecule has 0 heterocycles. The van der Waals surface area contributed by atoms with E-state index in [1.165, 1.54) is 25.3 Å². The van der Waals surface area contributed by atoms with Crippen LogP contribution in [0.5, 0.6) is 5.75 Å². The molecular formula is C24H25ClFN3O4S. The number of nitrogens with one attached hydrogen (secondary N) is 2. The largest absolute Gasteiger partial charge is 0.495 e. The highest BCUT2D eigenvalue weighted by atomic mass is 35.5. The Labute approximate surface area is 203 Å². The van der Waals surface area contributed by atoms with E-state index < -0.39 is 15.8 Å². The molecule has 0 radical (unpaired) electrons. The number of hydrogen-bond acceptors (Lipinski definition) is 5. The molecule has 0 bridgehead atoms. The maximum atomic E-state index is 13.2. The summed E-state index contributed by atoms with van der Waals surface area (Å²) in [7, 11) is -2.54. The van der Waals surface area contributed by atoms with E-state index in [1.54, 1.807) is 43.3 Å². The number of carbonyl (C=O) groups is 1. The van der Waals surface area contributed by atoms with Crippen molar-refractivity contribution in [3.05, 3.63) is 82.1 Å². The minimum atomic E-state index is -3.92.